The van der Waals surface area contributed by atoms with Crippen molar-refractivity contribution in [2.24, 2.45) is 0 Å². The summed E-state index contributed by atoms with van der Waals surface area (Å²) in [4.78, 5) is 48.8. The molecule has 0 saturated heterocycles. The van der Waals surface area contributed by atoms with Gasteiger partial charge in [-0.1, -0.05) is 0 Å². The molecule has 0 bridgehead atoms. The third-order valence-corrected chi connectivity index (χ3v) is 7.87. The first-order valence-electron chi connectivity index (χ1n) is 1.66. The van der Waals surface area contributed by atoms with Crippen LogP contribution in [0.1, 0.15) is 0 Å². The molecule has 9 heavy (non-hydrogen) atoms. The molecule has 6 nitrogen and oxygen atoms in total. The molecule has 0 heterocycles. The molecule has 0 amide bonds. The second-order valence-corrected chi connectivity index (χ2v) is 9.98. The fourth-order valence-electron chi connectivity index (χ4n) is 0.142. The third kappa shape index (κ3) is 9.11. The van der Waals surface area contributed by atoms with Crippen LogP contribution >= 0.6 is 13.4 Å². The van der Waals surface area contributed by atoms with Crippen LogP contribution < -0.4 is 0 Å². The van der Waals surface area contributed by atoms with Crippen LogP contribution in [-0.2, 0) is 13.6 Å². The molecule has 0 aliphatic heterocycles. The minimum absolute atomic E-state index is 0.556. The summed E-state index contributed by atoms with van der Waals surface area (Å²) in [5, 5.41) is 0. The van der Waals surface area contributed by atoms with Crippen molar-refractivity contribution < 1.29 is 42.9 Å². The van der Waals surface area contributed by atoms with Crippen molar-refractivity contribution >= 4 is 13.4 Å². The van der Waals surface area contributed by atoms with E-state index >= 15 is 0 Å². The van der Waals surface area contributed by atoms with Gasteiger partial charge >= 0.3 is 56.4 Å². The molecule has 64 valence electrons. The van der Waals surface area contributed by atoms with Crippen molar-refractivity contribution in [1.29, 1.82) is 0 Å². The average Bonchev–Trinajstić information content (AvgIpc) is 1.14. The minimum atomic E-state index is -4.54. The molecule has 0 atom stereocenters. The van der Waals surface area contributed by atoms with Crippen molar-refractivity contribution in [3.8, 4) is 0 Å². The van der Waals surface area contributed by atoms with Crippen molar-refractivity contribution in [2.75, 3.05) is 0 Å². The van der Waals surface area contributed by atoms with Gasteiger partial charge < -0.3 is 0 Å². The van der Waals surface area contributed by atoms with Crippen LogP contribution in [0.5, 0.6) is 0 Å². The van der Waals surface area contributed by atoms with E-state index in [2.05, 4.69) is 0 Å². The van der Waals surface area contributed by atoms with E-state index in [-0.39, 0.29) is 0 Å². The van der Waals surface area contributed by atoms with Crippen molar-refractivity contribution in [2.45, 2.75) is 0 Å². The maximum absolute atomic E-state index is 8.13. The number of hydrogen-bond acceptors (Lipinski definition) is 6. The van der Waals surface area contributed by atoms with Crippen molar-refractivity contribution in [3.63, 3.8) is 0 Å². The summed E-state index contributed by atoms with van der Waals surface area (Å²) in [6, 6.07) is 0. The summed E-state index contributed by atoms with van der Waals surface area (Å²) >= 11 is -0.556. The second-order valence-electron chi connectivity index (χ2n) is 1.10. The zero-order chi connectivity index (χ0) is 7.71. The maximum atomic E-state index is 8.13. The molecule has 0 aromatic carbocycles. The Morgan fingerprint density at radius 1 is 0.667 bits per heavy atom. The topological polar surface area (TPSA) is 121 Å². The normalized spacial score (nSPS) is 18.0. The fourth-order valence-corrected chi connectivity index (χ4v) is 5.28. The molecule has 0 aliphatic rings. The molecule has 0 spiro atoms. The van der Waals surface area contributed by atoms with Gasteiger partial charge in [0.25, 0.3) is 0 Å². The Morgan fingerprint density at radius 3 is 0.889 bits per heavy atom. The molecule has 0 aliphatic carbocycles. The van der Waals surface area contributed by atoms with Gasteiger partial charge in [-0.2, -0.15) is 0 Å². The summed E-state index contributed by atoms with van der Waals surface area (Å²) < 4.78 is 0. The number of hydrogen-bond donors (Lipinski definition) is 6. The number of rotatable bonds is 2. The first-order valence-corrected chi connectivity index (χ1v) is 7.94. The second kappa shape index (κ2) is 3.01. The fraction of sp³-hybridized carbons (Fsp3) is 0. The molecule has 0 saturated carbocycles. The Hall–Kier alpha value is 1.11. The van der Waals surface area contributed by atoms with Gasteiger partial charge in [0, 0.05) is 0 Å². The average molecular weight is 225 g/mol. The summed E-state index contributed by atoms with van der Waals surface area (Å²) in [6.07, 6.45) is 0. The Bertz CT molecular complexity index is 76.2. The molecule has 0 rings (SSSR count). The van der Waals surface area contributed by atoms with E-state index in [4.69, 9.17) is 29.4 Å². The molecule has 0 unspecified atom stereocenters. The molecule has 0 aromatic heterocycles. The van der Waals surface area contributed by atoms with Gasteiger partial charge in [0.05, 0.1) is 0 Å². The van der Waals surface area contributed by atoms with Crippen LogP contribution in [0.2, 0.25) is 0 Å². The summed E-state index contributed by atoms with van der Waals surface area (Å²) in [5.41, 5.74) is 0. The molecular formula is H8NiO6P2. The SMILES string of the molecule is O[PH](O)(O)[Ni][PH](O)(O)O. The molecule has 0 fully saturated rings. The monoisotopic (exact) mass is 224 g/mol. The van der Waals surface area contributed by atoms with Gasteiger partial charge in [0.15, 0.2) is 0 Å². The van der Waals surface area contributed by atoms with Crippen LogP contribution in [0.4, 0.5) is 0 Å². The van der Waals surface area contributed by atoms with E-state index in [9.17, 15) is 0 Å². The van der Waals surface area contributed by atoms with Crippen LogP contribution in [-0.4, -0.2) is 29.4 Å². The van der Waals surface area contributed by atoms with E-state index in [1.165, 1.54) is 0 Å². The first-order chi connectivity index (χ1) is 3.71. The van der Waals surface area contributed by atoms with Gasteiger partial charge in [-0.3, -0.25) is 0 Å². The zero-order valence-electron chi connectivity index (χ0n) is 4.00. The standard InChI is InChI=1S/Ni.2H4O3P/c;2*1-4(2)3/h;2*1-4H/q-2;2*+1. The molecule has 0 radical (unpaired) electrons. The predicted molar refractivity (Wildman–Crippen MR) is 29.9 cm³/mol. The van der Waals surface area contributed by atoms with E-state index < -0.39 is 27.0 Å². The van der Waals surface area contributed by atoms with Crippen LogP contribution in [0.25, 0.3) is 0 Å². The van der Waals surface area contributed by atoms with E-state index in [0.29, 0.717) is 0 Å². The zero-order valence-corrected chi connectivity index (χ0v) is 6.99. The van der Waals surface area contributed by atoms with Gasteiger partial charge in [-0.05, 0) is 0 Å². The first kappa shape index (κ1) is 10.1. The van der Waals surface area contributed by atoms with E-state index in [0.717, 1.165) is 0 Å². The van der Waals surface area contributed by atoms with Gasteiger partial charge in [0.2, 0.25) is 0 Å². The van der Waals surface area contributed by atoms with E-state index in [1.54, 1.807) is 0 Å². The molecule has 9 heteroatoms. The Kier molecular flexibility index (Phi) is 3.38. The van der Waals surface area contributed by atoms with Crippen LogP contribution in [0, 0.1) is 0 Å². The molecule has 6 N–H and O–H groups in total. The van der Waals surface area contributed by atoms with Crippen molar-refractivity contribution in [3.05, 3.63) is 0 Å². The van der Waals surface area contributed by atoms with Gasteiger partial charge in [-0.15, -0.1) is 0 Å². The van der Waals surface area contributed by atoms with Gasteiger partial charge in [0.1, 0.15) is 0 Å². The Labute approximate surface area is 57.0 Å². The van der Waals surface area contributed by atoms with Crippen LogP contribution in [0.15, 0.2) is 0 Å². The van der Waals surface area contributed by atoms with Crippen molar-refractivity contribution in [1.82, 2.24) is 0 Å². The summed E-state index contributed by atoms with van der Waals surface area (Å²) in [5.74, 6) is 0. The Balaban J connectivity index is 3.75. The van der Waals surface area contributed by atoms with E-state index in [1.807, 2.05) is 0 Å². The molecule has 0 aromatic rings. The Morgan fingerprint density at radius 2 is 0.889 bits per heavy atom. The molecular weight excluding hydrogens is 217 g/mol. The predicted octanol–water partition coefficient (Wildman–Crippen LogP) is -2.16. The van der Waals surface area contributed by atoms with Crippen LogP contribution in [0.3, 0.4) is 0 Å². The quantitative estimate of drug-likeness (QED) is 0.235. The third-order valence-electron chi connectivity index (χ3n) is 0.212. The summed E-state index contributed by atoms with van der Waals surface area (Å²) in [7, 11) is 0. The van der Waals surface area contributed by atoms with Gasteiger partial charge in [-0.25, -0.2) is 0 Å². The summed E-state index contributed by atoms with van der Waals surface area (Å²) in [6.45, 7) is -9.09.